The highest BCUT2D eigenvalue weighted by molar-refractivity contribution is 5.94. The fraction of sp³-hybridized carbons (Fsp3) is 0.562. The normalized spacial score (nSPS) is 18.1. The summed E-state index contributed by atoms with van der Waals surface area (Å²) in [6.07, 6.45) is 4.54. The van der Waals surface area contributed by atoms with Crippen molar-refractivity contribution in [1.29, 1.82) is 0 Å². The minimum absolute atomic E-state index is 0. The quantitative estimate of drug-likeness (QED) is 0.899. The van der Waals surface area contributed by atoms with Crippen LogP contribution in [0.1, 0.15) is 55.5 Å². The van der Waals surface area contributed by atoms with Crippen molar-refractivity contribution in [3.8, 4) is 0 Å². The Morgan fingerprint density at radius 3 is 2.30 bits per heavy atom. The molecular weight excluding hydrogens is 272 g/mol. The van der Waals surface area contributed by atoms with Crippen molar-refractivity contribution >= 4 is 18.3 Å². The topological polar surface area (TPSA) is 55.1 Å². The fourth-order valence-corrected chi connectivity index (χ4v) is 2.60. The van der Waals surface area contributed by atoms with Gasteiger partial charge in [0.1, 0.15) is 0 Å². The predicted molar refractivity (Wildman–Crippen MR) is 85.1 cm³/mol. The van der Waals surface area contributed by atoms with Gasteiger partial charge in [0.15, 0.2) is 0 Å². The van der Waals surface area contributed by atoms with E-state index in [0.717, 1.165) is 24.0 Å². The number of nitrogens with two attached hydrogens (primary N) is 1. The third kappa shape index (κ3) is 4.50. The number of halogens is 1. The molecule has 1 aromatic carbocycles. The summed E-state index contributed by atoms with van der Waals surface area (Å²) < 4.78 is 0. The summed E-state index contributed by atoms with van der Waals surface area (Å²) in [7, 11) is 0. The largest absolute Gasteiger partial charge is 0.349 e. The van der Waals surface area contributed by atoms with Crippen molar-refractivity contribution in [3.05, 3.63) is 35.4 Å². The number of benzene rings is 1. The van der Waals surface area contributed by atoms with E-state index < -0.39 is 0 Å². The van der Waals surface area contributed by atoms with Crippen molar-refractivity contribution in [2.75, 3.05) is 0 Å². The van der Waals surface area contributed by atoms with E-state index in [1.807, 2.05) is 24.3 Å². The lowest BCUT2D eigenvalue weighted by Crippen LogP contribution is -2.39. The molecule has 1 aliphatic rings. The first-order valence-electron chi connectivity index (χ1n) is 7.10. The summed E-state index contributed by atoms with van der Waals surface area (Å²) in [6.45, 7) is 5.12. The lowest BCUT2D eigenvalue weighted by Gasteiger charge is -2.34. The monoisotopic (exact) mass is 296 g/mol. The Labute approximate surface area is 127 Å². The molecule has 0 aromatic heterocycles. The molecule has 0 unspecified atom stereocenters. The molecule has 0 atom stereocenters. The molecule has 0 aliphatic heterocycles. The maximum atomic E-state index is 12.1. The van der Waals surface area contributed by atoms with Gasteiger partial charge in [-0.2, -0.15) is 0 Å². The summed E-state index contributed by atoms with van der Waals surface area (Å²) in [5.74, 6) is 0.0354. The molecule has 0 spiro atoms. The second-order valence-electron chi connectivity index (χ2n) is 6.31. The van der Waals surface area contributed by atoms with Crippen LogP contribution in [0.4, 0.5) is 0 Å². The first kappa shape index (κ1) is 17.0. The van der Waals surface area contributed by atoms with Gasteiger partial charge in [-0.05, 0) is 48.8 Å². The average Bonchev–Trinajstić information content (AvgIpc) is 2.41. The molecular formula is C16H25ClN2O. The first-order chi connectivity index (χ1) is 9.00. The van der Waals surface area contributed by atoms with E-state index in [4.69, 9.17) is 5.73 Å². The van der Waals surface area contributed by atoms with Gasteiger partial charge in [0.05, 0.1) is 0 Å². The zero-order chi connectivity index (χ0) is 13.9. The van der Waals surface area contributed by atoms with E-state index in [9.17, 15) is 4.79 Å². The summed E-state index contributed by atoms with van der Waals surface area (Å²) in [5.41, 5.74) is 7.76. The molecule has 112 valence electrons. The van der Waals surface area contributed by atoms with Crippen LogP contribution in [-0.2, 0) is 6.54 Å². The Balaban J connectivity index is 0.00000200. The van der Waals surface area contributed by atoms with E-state index in [1.54, 1.807) is 0 Å². The molecule has 1 aromatic rings. The summed E-state index contributed by atoms with van der Waals surface area (Å²) in [4.78, 5) is 12.1. The van der Waals surface area contributed by atoms with Crippen LogP contribution in [0.15, 0.2) is 24.3 Å². The molecule has 0 heterocycles. The highest BCUT2D eigenvalue weighted by Gasteiger charge is 2.27. The third-order valence-electron chi connectivity index (χ3n) is 4.13. The lowest BCUT2D eigenvalue weighted by atomic mass is 9.75. The van der Waals surface area contributed by atoms with Crippen LogP contribution in [0.25, 0.3) is 0 Å². The van der Waals surface area contributed by atoms with Gasteiger partial charge in [0, 0.05) is 18.2 Å². The van der Waals surface area contributed by atoms with Crippen molar-refractivity contribution < 1.29 is 4.79 Å². The van der Waals surface area contributed by atoms with Gasteiger partial charge >= 0.3 is 0 Å². The molecule has 1 fully saturated rings. The van der Waals surface area contributed by atoms with Crippen molar-refractivity contribution in [2.45, 2.75) is 52.1 Å². The Hall–Kier alpha value is -1.06. The van der Waals surface area contributed by atoms with Crippen molar-refractivity contribution in [3.63, 3.8) is 0 Å². The Bertz CT molecular complexity index is 432. The molecule has 1 aliphatic carbocycles. The Morgan fingerprint density at radius 1 is 1.25 bits per heavy atom. The zero-order valence-electron chi connectivity index (χ0n) is 12.3. The maximum Gasteiger partial charge on any atom is 0.251 e. The van der Waals surface area contributed by atoms with E-state index >= 15 is 0 Å². The number of rotatable bonds is 3. The number of carbonyl (C=O) groups excluding carboxylic acids is 1. The molecule has 3 nitrogen and oxygen atoms in total. The van der Waals surface area contributed by atoms with Gasteiger partial charge in [-0.1, -0.05) is 26.0 Å². The summed E-state index contributed by atoms with van der Waals surface area (Å²) >= 11 is 0. The molecule has 0 saturated heterocycles. The first-order valence-corrected chi connectivity index (χ1v) is 7.10. The highest BCUT2D eigenvalue weighted by Crippen LogP contribution is 2.35. The molecule has 3 N–H and O–H groups in total. The van der Waals surface area contributed by atoms with Gasteiger partial charge in [0.25, 0.3) is 5.91 Å². The number of nitrogens with one attached hydrogen (secondary N) is 1. The third-order valence-corrected chi connectivity index (χ3v) is 4.13. The standard InChI is InChI=1S/C16H24N2O.ClH/c1-16(2)9-7-14(8-10-16)18-15(19)13-5-3-12(11-17)4-6-13;/h3-6,14H,7-11,17H2,1-2H3,(H,18,19);1H. The van der Waals surface area contributed by atoms with Gasteiger partial charge < -0.3 is 11.1 Å². The Morgan fingerprint density at radius 2 is 1.80 bits per heavy atom. The number of hydrogen-bond donors (Lipinski definition) is 2. The second kappa shape index (κ2) is 7.09. The molecule has 1 amide bonds. The van der Waals surface area contributed by atoms with Gasteiger partial charge in [-0.25, -0.2) is 0 Å². The second-order valence-corrected chi connectivity index (χ2v) is 6.31. The zero-order valence-corrected chi connectivity index (χ0v) is 13.1. The van der Waals surface area contributed by atoms with E-state index in [0.29, 0.717) is 18.0 Å². The Kier molecular flexibility index (Phi) is 6.03. The van der Waals surface area contributed by atoms with Crippen LogP contribution in [0, 0.1) is 5.41 Å². The van der Waals surface area contributed by atoms with Crippen LogP contribution < -0.4 is 11.1 Å². The SMILES string of the molecule is CC1(C)CCC(NC(=O)c2ccc(CN)cc2)CC1.Cl. The minimum Gasteiger partial charge on any atom is -0.349 e. The van der Waals surface area contributed by atoms with Crippen LogP contribution in [-0.4, -0.2) is 11.9 Å². The molecule has 4 heteroatoms. The van der Waals surface area contributed by atoms with Crippen molar-refractivity contribution in [1.82, 2.24) is 5.32 Å². The van der Waals surface area contributed by atoms with E-state index in [2.05, 4.69) is 19.2 Å². The lowest BCUT2D eigenvalue weighted by molar-refractivity contribution is 0.0909. The molecule has 20 heavy (non-hydrogen) atoms. The smallest absolute Gasteiger partial charge is 0.251 e. The number of carbonyl (C=O) groups is 1. The van der Waals surface area contributed by atoms with E-state index in [1.165, 1.54) is 12.8 Å². The van der Waals surface area contributed by atoms with Crippen LogP contribution >= 0.6 is 12.4 Å². The van der Waals surface area contributed by atoms with Crippen LogP contribution in [0.3, 0.4) is 0 Å². The predicted octanol–water partition coefficient (Wildman–Crippen LogP) is 3.27. The van der Waals surface area contributed by atoms with Crippen molar-refractivity contribution in [2.24, 2.45) is 11.1 Å². The molecule has 0 bridgehead atoms. The summed E-state index contributed by atoms with van der Waals surface area (Å²) in [5, 5.41) is 3.14. The van der Waals surface area contributed by atoms with Gasteiger partial charge in [-0.3, -0.25) is 4.79 Å². The summed E-state index contributed by atoms with van der Waals surface area (Å²) in [6, 6.07) is 7.86. The fourth-order valence-electron chi connectivity index (χ4n) is 2.60. The van der Waals surface area contributed by atoms with Crippen LogP contribution in [0.5, 0.6) is 0 Å². The number of amides is 1. The van der Waals surface area contributed by atoms with E-state index in [-0.39, 0.29) is 18.3 Å². The van der Waals surface area contributed by atoms with Gasteiger partial charge in [0.2, 0.25) is 0 Å². The van der Waals surface area contributed by atoms with Gasteiger partial charge in [-0.15, -0.1) is 12.4 Å². The number of hydrogen-bond acceptors (Lipinski definition) is 2. The molecule has 1 saturated carbocycles. The molecule has 0 radical (unpaired) electrons. The highest BCUT2D eigenvalue weighted by atomic mass is 35.5. The molecule has 2 rings (SSSR count). The van der Waals surface area contributed by atoms with Crippen LogP contribution in [0.2, 0.25) is 0 Å². The minimum atomic E-state index is 0. The average molecular weight is 297 g/mol. The maximum absolute atomic E-state index is 12.1.